The second-order valence-corrected chi connectivity index (χ2v) is 4.05. The van der Waals surface area contributed by atoms with Crippen LogP contribution in [-0.2, 0) is 0 Å². The van der Waals surface area contributed by atoms with Crippen molar-refractivity contribution in [1.29, 1.82) is 0 Å². The van der Waals surface area contributed by atoms with Crippen molar-refractivity contribution in [3.8, 4) is 0 Å². The SMILES string of the molecule is Cc1sccc1C(=O)c1ccccn1. The summed E-state index contributed by atoms with van der Waals surface area (Å²) in [6.07, 6.45) is 1.63. The summed E-state index contributed by atoms with van der Waals surface area (Å²) in [7, 11) is 0. The van der Waals surface area contributed by atoms with Crippen molar-refractivity contribution in [2.24, 2.45) is 0 Å². The molecular weight excluding hydrogens is 194 g/mol. The molecule has 0 saturated heterocycles. The zero-order valence-corrected chi connectivity index (χ0v) is 8.54. The molecule has 0 N–H and O–H groups in total. The van der Waals surface area contributed by atoms with E-state index in [9.17, 15) is 4.79 Å². The molecule has 2 rings (SSSR count). The predicted octanol–water partition coefficient (Wildman–Crippen LogP) is 2.68. The summed E-state index contributed by atoms with van der Waals surface area (Å²) < 4.78 is 0. The average molecular weight is 203 g/mol. The fourth-order valence-corrected chi connectivity index (χ4v) is 1.95. The van der Waals surface area contributed by atoms with Crippen LogP contribution in [-0.4, -0.2) is 10.8 Å². The van der Waals surface area contributed by atoms with Gasteiger partial charge in [-0.15, -0.1) is 11.3 Å². The van der Waals surface area contributed by atoms with E-state index >= 15 is 0 Å². The lowest BCUT2D eigenvalue weighted by Gasteiger charge is -1.97. The Hall–Kier alpha value is -1.48. The van der Waals surface area contributed by atoms with Gasteiger partial charge in [0, 0.05) is 16.6 Å². The van der Waals surface area contributed by atoms with E-state index in [1.165, 1.54) is 0 Å². The van der Waals surface area contributed by atoms with E-state index in [0.29, 0.717) is 5.69 Å². The van der Waals surface area contributed by atoms with Crippen LogP contribution in [0.3, 0.4) is 0 Å². The predicted molar refractivity (Wildman–Crippen MR) is 56.7 cm³/mol. The maximum Gasteiger partial charge on any atom is 0.212 e. The summed E-state index contributed by atoms with van der Waals surface area (Å²) in [5, 5.41) is 1.92. The fourth-order valence-electron chi connectivity index (χ4n) is 1.26. The highest BCUT2D eigenvalue weighted by Crippen LogP contribution is 2.17. The Balaban J connectivity index is 2.39. The van der Waals surface area contributed by atoms with Gasteiger partial charge in [-0.1, -0.05) is 6.07 Å². The largest absolute Gasteiger partial charge is 0.287 e. The molecule has 0 bridgehead atoms. The van der Waals surface area contributed by atoms with E-state index in [-0.39, 0.29) is 5.78 Å². The number of thiophene rings is 1. The third kappa shape index (κ3) is 1.59. The van der Waals surface area contributed by atoms with Crippen molar-refractivity contribution in [3.63, 3.8) is 0 Å². The van der Waals surface area contributed by atoms with Crippen LogP contribution in [0.15, 0.2) is 35.8 Å². The fraction of sp³-hybridized carbons (Fsp3) is 0.0909. The first-order chi connectivity index (χ1) is 6.79. The van der Waals surface area contributed by atoms with Crippen molar-refractivity contribution in [2.75, 3.05) is 0 Å². The summed E-state index contributed by atoms with van der Waals surface area (Å²) in [6.45, 7) is 1.95. The van der Waals surface area contributed by atoms with Gasteiger partial charge in [-0.2, -0.15) is 0 Å². The zero-order valence-electron chi connectivity index (χ0n) is 7.73. The first-order valence-corrected chi connectivity index (χ1v) is 5.17. The molecule has 0 fully saturated rings. The van der Waals surface area contributed by atoms with Crippen molar-refractivity contribution in [3.05, 3.63) is 52.0 Å². The van der Waals surface area contributed by atoms with Crippen LogP contribution < -0.4 is 0 Å². The molecule has 0 spiro atoms. The van der Waals surface area contributed by atoms with Crippen LogP contribution in [0.25, 0.3) is 0 Å². The Labute approximate surface area is 86.2 Å². The lowest BCUT2D eigenvalue weighted by Crippen LogP contribution is -2.03. The van der Waals surface area contributed by atoms with E-state index in [1.807, 2.05) is 24.4 Å². The molecule has 2 aromatic rings. The standard InChI is InChI=1S/C11H9NOS/c1-8-9(5-7-14-8)11(13)10-4-2-3-6-12-10/h2-7H,1H3. The van der Waals surface area contributed by atoms with Gasteiger partial charge < -0.3 is 0 Å². The van der Waals surface area contributed by atoms with Gasteiger partial charge in [0.05, 0.1) is 0 Å². The van der Waals surface area contributed by atoms with Crippen LogP contribution in [0.2, 0.25) is 0 Å². The van der Waals surface area contributed by atoms with Gasteiger partial charge in [0.1, 0.15) is 5.69 Å². The van der Waals surface area contributed by atoms with Crippen LogP contribution >= 0.6 is 11.3 Å². The van der Waals surface area contributed by atoms with Gasteiger partial charge in [-0.25, -0.2) is 0 Å². The van der Waals surface area contributed by atoms with E-state index in [2.05, 4.69) is 4.98 Å². The van der Waals surface area contributed by atoms with Crippen molar-refractivity contribution < 1.29 is 4.79 Å². The average Bonchev–Trinajstić information content (AvgIpc) is 2.65. The Bertz CT molecular complexity index is 447. The second kappa shape index (κ2) is 3.72. The minimum Gasteiger partial charge on any atom is -0.287 e. The molecule has 3 heteroatoms. The third-order valence-corrected chi connectivity index (χ3v) is 2.85. The molecular formula is C11H9NOS. The van der Waals surface area contributed by atoms with Crippen molar-refractivity contribution >= 4 is 17.1 Å². The van der Waals surface area contributed by atoms with E-state index in [0.717, 1.165) is 10.4 Å². The molecule has 14 heavy (non-hydrogen) atoms. The molecule has 70 valence electrons. The number of aryl methyl sites for hydroxylation is 1. The van der Waals surface area contributed by atoms with Crippen LogP contribution in [0.1, 0.15) is 20.9 Å². The monoisotopic (exact) mass is 203 g/mol. The number of rotatable bonds is 2. The van der Waals surface area contributed by atoms with E-state index in [1.54, 1.807) is 29.7 Å². The van der Waals surface area contributed by atoms with Crippen LogP contribution in [0, 0.1) is 6.92 Å². The highest BCUT2D eigenvalue weighted by atomic mass is 32.1. The van der Waals surface area contributed by atoms with E-state index < -0.39 is 0 Å². The summed E-state index contributed by atoms with van der Waals surface area (Å²) in [6, 6.07) is 7.20. The Kier molecular flexibility index (Phi) is 2.41. The second-order valence-electron chi connectivity index (χ2n) is 2.93. The molecule has 2 nitrogen and oxygen atoms in total. The molecule has 0 aliphatic carbocycles. The first-order valence-electron chi connectivity index (χ1n) is 4.29. The van der Waals surface area contributed by atoms with Gasteiger partial charge in [0.15, 0.2) is 0 Å². The van der Waals surface area contributed by atoms with Crippen LogP contribution in [0.5, 0.6) is 0 Å². The number of carbonyl (C=O) groups excluding carboxylic acids is 1. The molecule has 2 heterocycles. The highest BCUT2D eigenvalue weighted by molar-refractivity contribution is 7.10. The van der Waals surface area contributed by atoms with E-state index in [4.69, 9.17) is 0 Å². The number of hydrogen-bond donors (Lipinski definition) is 0. The highest BCUT2D eigenvalue weighted by Gasteiger charge is 2.12. The van der Waals surface area contributed by atoms with Gasteiger partial charge in [-0.3, -0.25) is 9.78 Å². The topological polar surface area (TPSA) is 30.0 Å². The molecule has 0 aliphatic heterocycles. The number of ketones is 1. The molecule has 0 atom stereocenters. The summed E-state index contributed by atoms with van der Waals surface area (Å²) in [4.78, 5) is 16.9. The molecule has 0 amide bonds. The normalized spacial score (nSPS) is 10.1. The van der Waals surface area contributed by atoms with Gasteiger partial charge in [0.2, 0.25) is 5.78 Å². The Morgan fingerprint density at radius 3 is 2.79 bits per heavy atom. The minimum atomic E-state index is 0.00403. The maximum absolute atomic E-state index is 11.9. The van der Waals surface area contributed by atoms with Crippen molar-refractivity contribution in [1.82, 2.24) is 4.98 Å². The quantitative estimate of drug-likeness (QED) is 0.702. The molecule has 0 saturated carbocycles. The first kappa shape index (κ1) is 9.09. The number of aromatic nitrogens is 1. The summed E-state index contributed by atoms with van der Waals surface area (Å²) >= 11 is 1.58. The van der Waals surface area contributed by atoms with Gasteiger partial charge in [-0.05, 0) is 30.5 Å². The van der Waals surface area contributed by atoms with Crippen LogP contribution in [0.4, 0.5) is 0 Å². The van der Waals surface area contributed by atoms with Gasteiger partial charge in [0.25, 0.3) is 0 Å². The molecule has 0 unspecified atom stereocenters. The van der Waals surface area contributed by atoms with Crippen molar-refractivity contribution in [2.45, 2.75) is 6.92 Å². The smallest absolute Gasteiger partial charge is 0.212 e. The number of carbonyl (C=O) groups is 1. The Morgan fingerprint density at radius 1 is 1.36 bits per heavy atom. The van der Waals surface area contributed by atoms with Gasteiger partial charge >= 0.3 is 0 Å². The summed E-state index contributed by atoms with van der Waals surface area (Å²) in [5.41, 5.74) is 1.27. The number of pyridine rings is 1. The summed E-state index contributed by atoms with van der Waals surface area (Å²) in [5.74, 6) is 0.00403. The minimum absolute atomic E-state index is 0.00403. The Morgan fingerprint density at radius 2 is 2.21 bits per heavy atom. The molecule has 0 radical (unpaired) electrons. The third-order valence-electron chi connectivity index (χ3n) is 2.00. The molecule has 0 aliphatic rings. The lowest BCUT2D eigenvalue weighted by molar-refractivity contribution is 0.103. The number of hydrogen-bond acceptors (Lipinski definition) is 3. The number of nitrogens with zero attached hydrogens (tertiary/aromatic N) is 1. The molecule has 0 aromatic carbocycles. The molecule has 2 aromatic heterocycles. The lowest BCUT2D eigenvalue weighted by atomic mass is 10.1. The maximum atomic E-state index is 11.9. The zero-order chi connectivity index (χ0) is 9.97.